The van der Waals surface area contributed by atoms with Gasteiger partial charge in [0.25, 0.3) is 0 Å². The van der Waals surface area contributed by atoms with E-state index in [2.05, 4.69) is 13.8 Å². The van der Waals surface area contributed by atoms with Crippen molar-refractivity contribution in [2.75, 3.05) is 23.8 Å². The molecule has 1 aliphatic heterocycles. The number of benzene rings is 2. The van der Waals surface area contributed by atoms with Gasteiger partial charge in [-0.2, -0.15) is 10.6 Å². The van der Waals surface area contributed by atoms with Crippen molar-refractivity contribution in [3.8, 4) is 5.75 Å². The van der Waals surface area contributed by atoms with Crippen molar-refractivity contribution in [1.82, 2.24) is 0 Å². The van der Waals surface area contributed by atoms with Crippen LogP contribution in [0.2, 0.25) is 0 Å². The highest BCUT2D eigenvalue weighted by Crippen LogP contribution is 2.61. The third-order valence-corrected chi connectivity index (χ3v) is 8.35. The Hall–Kier alpha value is -2.29. The molecule has 2 N–H and O–H groups in total. The van der Waals surface area contributed by atoms with Crippen LogP contribution in [-0.4, -0.2) is 39.6 Å². The number of hydrogen-bond acceptors (Lipinski definition) is 6. The number of carbonyl (C=O) groups excluding carboxylic acids is 1. The quantitative estimate of drug-likeness (QED) is 0.363. The number of unbranched alkanes of at least 4 members (excludes halogenated alkanes) is 1. The fourth-order valence-electron chi connectivity index (χ4n) is 4.52. The molecule has 0 aliphatic carbocycles. The number of ether oxygens (including phenoxy) is 2. The first kappa shape index (κ1) is 27.3. The van der Waals surface area contributed by atoms with Crippen LogP contribution in [0.1, 0.15) is 60.3 Å². The van der Waals surface area contributed by atoms with E-state index in [0.29, 0.717) is 12.2 Å². The van der Waals surface area contributed by atoms with Crippen LogP contribution in [-0.2, 0) is 9.53 Å². The molecular formula is C27H38FNO5S. The predicted octanol–water partition coefficient (Wildman–Crippen LogP) is 7.39. The summed E-state index contributed by atoms with van der Waals surface area (Å²) in [6.07, 6.45) is 3.54. The second-order valence-electron chi connectivity index (χ2n) is 10.3. The largest absolute Gasteiger partial charge is 0.479 e. The highest BCUT2D eigenvalue weighted by molar-refractivity contribution is 8.24. The molecule has 6 nitrogen and oxygen atoms in total. The van der Waals surface area contributed by atoms with E-state index in [1.54, 1.807) is 20.8 Å². The monoisotopic (exact) mass is 507 g/mol. The smallest absolute Gasteiger partial charge is 0.344 e. The summed E-state index contributed by atoms with van der Waals surface area (Å²) in [4.78, 5) is 14.3. The molecule has 2 aromatic rings. The van der Waals surface area contributed by atoms with Gasteiger partial charge in [-0.25, -0.2) is 9.18 Å². The van der Waals surface area contributed by atoms with Crippen LogP contribution in [0.5, 0.6) is 5.75 Å². The van der Waals surface area contributed by atoms with E-state index in [1.807, 2.05) is 35.2 Å². The minimum absolute atomic E-state index is 0.184. The van der Waals surface area contributed by atoms with Gasteiger partial charge in [-0.1, -0.05) is 44.9 Å². The number of carbonyl (C=O) groups is 1. The number of nitrogens with zero attached hydrogens (tertiary/aromatic N) is 1. The van der Waals surface area contributed by atoms with Crippen LogP contribution in [0.4, 0.5) is 15.8 Å². The Balaban J connectivity index is 2.06. The van der Waals surface area contributed by atoms with Crippen molar-refractivity contribution >= 4 is 27.9 Å². The molecule has 3 rings (SSSR count). The van der Waals surface area contributed by atoms with Gasteiger partial charge in [0.05, 0.1) is 10.6 Å². The SMILES string of the molecule is CCCCC1(CC)CN(c2ccccc2)c2cc(F)c(OCC(=O)OC(C)(C)C)cc2S(O)(O)C1. The Morgan fingerprint density at radius 2 is 1.86 bits per heavy atom. The average Bonchev–Trinajstić information content (AvgIpc) is 2.88. The first-order valence-corrected chi connectivity index (χ1v) is 13.9. The van der Waals surface area contributed by atoms with Gasteiger partial charge in [-0.15, -0.1) is 0 Å². The summed E-state index contributed by atoms with van der Waals surface area (Å²) in [5, 5.41) is 0. The summed E-state index contributed by atoms with van der Waals surface area (Å²) < 4.78 is 48.8. The summed E-state index contributed by atoms with van der Waals surface area (Å²) in [6, 6.07) is 12.2. The summed E-state index contributed by atoms with van der Waals surface area (Å²) in [5.74, 6) is -1.33. The van der Waals surface area contributed by atoms with E-state index in [4.69, 9.17) is 9.47 Å². The van der Waals surface area contributed by atoms with Crippen molar-refractivity contribution in [3.05, 3.63) is 48.3 Å². The normalized spacial score (nSPS) is 20.5. The Morgan fingerprint density at radius 3 is 2.46 bits per heavy atom. The molecule has 2 aromatic carbocycles. The van der Waals surface area contributed by atoms with E-state index >= 15 is 4.39 Å². The molecule has 1 aliphatic rings. The maximum atomic E-state index is 15.3. The first-order chi connectivity index (χ1) is 16.4. The molecule has 194 valence electrons. The summed E-state index contributed by atoms with van der Waals surface area (Å²) >= 11 is 0. The lowest BCUT2D eigenvalue weighted by atomic mass is 9.81. The number of esters is 1. The van der Waals surface area contributed by atoms with Crippen LogP contribution in [0.3, 0.4) is 0 Å². The zero-order chi connectivity index (χ0) is 25.9. The highest BCUT2D eigenvalue weighted by Gasteiger charge is 2.42. The number of anilines is 2. The second-order valence-corrected chi connectivity index (χ2v) is 12.4. The number of para-hydroxylation sites is 1. The number of fused-ring (bicyclic) bond motifs is 1. The summed E-state index contributed by atoms with van der Waals surface area (Å²) in [5.41, 5.74) is 0.199. The first-order valence-electron chi connectivity index (χ1n) is 12.2. The molecule has 1 unspecified atom stereocenters. The zero-order valence-corrected chi connectivity index (χ0v) is 22.2. The zero-order valence-electron chi connectivity index (χ0n) is 21.3. The molecule has 0 radical (unpaired) electrons. The van der Waals surface area contributed by atoms with Gasteiger partial charge < -0.3 is 14.4 Å². The minimum Gasteiger partial charge on any atom is -0.479 e. The molecule has 8 heteroatoms. The molecule has 0 fully saturated rings. The third kappa shape index (κ3) is 6.68. The van der Waals surface area contributed by atoms with Gasteiger partial charge in [0, 0.05) is 35.5 Å². The van der Waals surface area contributed by atoms with Crippen molar-refractivity contribution in [2.24, 2.45) is 5.41 Å². The van der Waals surface area contributed by atoms with Crippen LogP contribution in [0.15, 0.2) is 47.4 Å². The standard InChI is InChI=1S/C27H38FNO5S/c1-6-8-14-27(7-2)18-29(20-12-10-9-11-13-20)22-15-21(28)23(16-24(22)35(31,32)19-27)33-17-25(30)34-26(3,4)5/h9-13,15-16,31-32H,6-8,14,17-19H2,1-5H3. The maximum Gasteiger partial charge on any atom is 0.344 e. The Labute approximate surface area is 209 Å². The fraction of sp³-hybridized carbons (Fsp3) is 0.519. The average molecular weight is 508 g/mol. The van der Waals surface area contributed by atoms with E-state index in [1.165, 1.54) is 12.1 Å². The molecule has 0 saturated carbocycles. The molecular weight excluding hydrogens is 469 g/mol. The van der Waals surface area contributed by atoms with Crippen molar-refractivity contribution in [2.45, 2.75) is 70.8 Å². The van der Waals surface area contributed by atoms with Gasteiger partial charge in [0.2, 0.25) is 0 Å². The van der Waals surface area contributed by atoms with Crippen LogP contribution in [0, 0.1) is 11.2 Å². The molecule has 35 heavy (non-hydrogen) atoms. The summed E-state index contributed by atoms with van der Waals surface area (Å²) in [7, 11) is -3.28. The fourth-order valence-corrected chi connectivity index (χ4v) is 6.77. The molecule has 1 atom stereocenters. The number of rotatable bonds is 8. The maximum absolute atomic E-state index is 15.3. The van der Waals surface area contributed by atoms with Crippen LogP contribution < -0.4 is 9.64 Å². The van der Waals surface area contributed by atoms with E-state index in [9.17, 15) is 13.9 Å². The van der Waals surface area contributed by atoms with Crippen molar-refractivity contribution in [1.29, 1.82) is 0 Å². The number of halogens is 1. The Bertz CT molecular complexity index is 1020. The third-order valence-electron chi connectivity index (χ3n) is 6.30. The lowest BCUT2D eigenvalue weighted by molar-refractivity contribution is -0.157. The van der Waals surface area contributed by atoms with Gasteiger partial charge >= 0.3 is 5.97 Å². The molecule has 0 bridgehead atoms. The van der Waals surface area contributed by atoms with Gasteiger partial charge in [-0.05, 0) is 45.7 Å². The molecule has 0 saturated heterocycles. The molecule has 0 aromatic heterocycles. The number of hydrogen-bond donors (Lipinski definition) is 2. The van der Waals surface area contributed by atoms with Gasteiger partial charge in [0.15, 0.2) is 18.2 Å². The van der Waals surface area contributed by atoms with E-state index in [-0.39, 0.29) is 21.8 Å². The summed E-state index contributed by atoms with van der Waals surface area (Å²) in [6.45, 7) is 9.45. The molecule has 1 heterocycles. The van der Waals surface area contributed by atoms with Gasteiger partial charge in [-0.3, -0.25) is 9.11 Å². The molecule has 0 spiro atoms. The predicted molar refractivity (Wildman–Crippen MR) is 139 cm³/mol. The van der Waals surface area contributed by atoms with E-state index in [0.717, 1.165) is 31.4 Å². The topological polar surface area (TPSA) is 79.2 Å². The van der Waals surface area contributed by atoms with Gasteiger partial charge in [0.1, 0.15) is 5.60 Å². The molecule has 0 amide bonds. The van der Waals surface area contributed by atoms with Crippen molar-refractivity contribution in [3.63, 3.8) is 0 Å². The minimum atomic E-state index is -3.28. The lowest BCUT2D eigenvalue weighted by Crippen LogP contribution is -2.37. The lowest BCUT2D eigenvalue weighted by Gasteiger charge is -2.41. The van der Waals surface area contributed by atoms with E-state index < -0.39 is 34.6 Å². The van der Waals surface area contributed by atoms with Crippen LogP contribution in [0.25, 0.3) is 0 Å². The van der Waals surface area contributed by atoms with Crippen molar-refractivity contribution < 1.29 is 27.8 Å². The highest BCUT2D eigenvalue weighted by atomic mass is 32.3. The van der Waals surface area contributed by atoms with Crippen LogP contribution >= 0.6 is 10.6 Å². The Morgan fingerprint density at radius 1 is 1.17 bits per heavy atom. The Kier molecular flexibility index (Phi) is 8.40. The second kappa shape index (κ2) is 10.8.